The molecular weight excluding hydrogens is 349 g/mol. The van der Waals surface area contributed by atoms with Gasteiger partial charge in [-0.25, -0.2) is 4.39 Å². The van der Waals surface area contributed by atoms with Crippen LogP contribution in [0.25, 0.3) is 0 Å². The molecular formula is C13H14BrClFN3O. The Labute approximate surface area is 129 Å². The van der Waals surface area contributed by atoms with E-state index in [-0.39, 0.29) is 5.02 Å². The summed E-state index contributed by atoms with van der Waals surface area (Å²) >= 11 is 9.40. The number of nitrogens with two attached hydrogens (primary N) is 1. The monoisotopic (exact) mass is 361 g/mol. The van der Waals surface area contributed by atoms with Gasteiger partial charge in [-0.2, -0.15) is 5.10 Å². The fourth-order valence-electron chi connectivity index (χ4n) is 1.95. The van der Waals surface area contributed by atoms with Crippen molar-refractivity contribution in [2.45, 2.75) is 12.6 Å². The lowest BCUT2D eigenvalue weighted by Gasteiger charge is -2.17. The molecule has 1 aromatic carbocycles. The lowest BCUT2D eigenvalue weighted by atomic mass is 10.0. The van der Waals surface area contributed by atoms with Crippen molar-refractivity contribution in [3.8, 4) is 0 Å². The Bertz CT molecular complexity index is 605. The highest BCUT2D eigenvalue weighted by Crippen LogP contribution is 2.32. The predicted molar refractivity (Wildman–Crippen MR) is 79.2 cm³/mol. The van der Waals surface area contributed by atoms with Crippen LogP contribution in [0.5, 0.6) is 0 Å². The number of nitrogens with zero attached hydrogens (tertiary/aromatic N) is 2. The van der Waals surface area contributed by atoms with Gasteiger partial charge in [-0.1, -0.05) is 23.7 Å². The Morgan fingerprint density at radius 1 is 1.55 bits per heavy atom. The largest absolute Gasteiger partial charge is 0.383 e. The van der Waals surface area contributed by atoms with E-state index in [9.17, 15) is 4.39 Å². The predicted octanol–water partition coefficient (Wildman–Crippen LogP) is 3.13. The van der Waals surface area contributed by atoms with Crippen molar-refractivity contribution >= 4 is 27.5 Å². The number of ether oxygens (including phenoxy) is 1. The zero-order valence-electron chi connectivity index (χ0n) is 10.8. The van der Waals surface area contributed by atoms with Gasteiger partial charge in [0.05, 0.1) is 40.6 Å². The van der Waals surface area contributed by atoms with E-state index in [0.29, 0.717) is 18.7 Å². The number of rotatable bonds is 5. The highest BCUT2D eigenvalue weighted by molar-refractivity contribution is 9.10. The molecule has 108 valence electrons. The lowest BCUT2D eigenvalue weighted by Crippen LogP contribution is -2.20. The summed E-state index contributed by atoms with van der Waals surface area (Å²) in [6.07, 6.45) is 1.65. The van der Waals surface area contributed by atoms with Gasteiger partial charge in [0.1, 0.15) is 5.82 Å². The molecule has 4 nitrogen and oxygen atoms in total. The molecule has 2 aromatic rings. The molecule has 0 aliphatic rings. The Kier molecular flexibility index (Phi) is 5.15. The van der Waals surface area contributed by atoms with Crippen LogP contribution in [0.15, 0.2) is 28.9 Å². The summed E-state index contributed by atoms with van der Waals surface area (Å²) in [7, 11) is 1.61. The Morgan fingerprint density at radius 3 is 3.00 bits per heavy atom. The molecule has 0 amide bonds. The molecule has 1 unspecified atom stereocenters. The minimum absolute atomic E-state index is 0.0337. The zero-order chi connectivity index (χ0) is 14.7. The van der Waals surface area contributed by atoms with Crippen molar-refractivity contribution in [1.82, 2.24) is 9.78 Å². The fourth-order valence-corrected chi connectivity index (χ4v) is 2.73. The summed E-state index contributed by atoms with van der Waals surface area (Å²) in [5, 5.41) is 4.26. The first-order valence-corrected chi connectivity index (χ1v) is 7.13. The summed E-state index contributed by atoms with van der Waals surface area (Å²) in [5.41, 5.74) is 7.47. The lowest BCUT2D eigenvalue weighted by molar-refractivity contribution is 0.182. The standard InChI is InChI=1S/C13H14BrClFN3O/c1-20-6-5-19-13(9(14)7-18-19)12(17)8-3-2-4-10(16)11(8)15/h2-4,7,12H,5-6,17H2,1H3. The number of halogens is 3. The van der Waals surface area contributed by atoms with Gasteiger partial charge in [-0.3, -0.25) is 4.68 Å². The maximum absolute atomic E-state index is 13.5. The van der Waals surface area contributed by atoms with Crippen molar-refractivity contribution in [3.05, 3.63) is 51.0 Å². The second-order valence-corrected chi connectivity index (χ2v) is 5.45. The third-order valence-electron chi connectivity index (χ3n) is 2.95. The molecule has 0 radical (unpaired) electrons. The third kappa shape index (κ3) is 3.03. The molecule has 0 fully saturated rings. The van der Waals surface area contributed by atoms with Crippen LogP contribution in [-0.2, 0) is 11.3 Å². The Morgan fingerprint density at radius 2 is 2.30 bits per heavy atom. The number of benzene rings is 1. The van der Waals surface area contributed by atoms with Crippen molar-refractivity contribution in [2.24, 2.45) is 5.73 Å². The molecule has 20 heavy (non-hydrogen) atoms. The van der Waals surface area contributed by atoms with Gasteiger partial charge in [-0.05, 0) is 27.6 Å². The third-order valence-corrected chi connectivity index (χ3v) is 3.96. The van der Waals surface area contributed by atoms with Crippen LogP contribution >= 0.6 is 27.5 Å². The molecule has 2 rings (SSSR count). The number of hydrogen-bond acceptors (Lipinski definition) is 3. The van der Waals surface area contributed by atoms with E-state index in [1.807, 2.05) is 0 Å². The van der Waals surface area contributed by atoms with Crippen LogP contribution in [0, 0.1) is 5.82 Å². The van der Waals surface area contributed by atoms with Crippen molar-refractivity contribution in [2.75, 3.05) is 13.7 Å². The summed E-state index contributed by atoms with van der Waals surface area (Å²) in [6.45, 7) is 1.06. The average molecular weight is 363 g/mol. The maximum Gasteiger partial charge on any atom is 0.142 e. The highest BCUT2D eigenvalue weighted by Gasteiger charge is 2.21. The first-order valence-electron chi connectivity index (χ1n) is 5.96. The van der Waals surface area contributed by atoms with E-state index < -0.39 is 11.9 Å². The first kappa shape index (κ1) is 15.4. The van der Waals surface area contributed by atoms with Crippen LogP contribution in [0.3, 0.4) is 0 Å². The molecule has 1 atom stereocenters. The summed E-state index contributed by atoms with van der Waals surface area (Å²) in [4.78, 5) is 0. The fraction of sp³-hybridized carbons (Fsp3) is 0.308. The Hall–Kier alpha value is -0.950. The number of aromatic nitrogens is 2. The van der Waals surface area contributed by atoms with Gasteiger partial charge in [0.2, 0.25) is 0 Å². The van der Waals surface area contributed by atoms with Gasteiger partial charge in [0.15, 0.2) is 0 Å². The van der Waals surface area contributed by atoms with E-state index in [4.69, 9.17) is 22.1 Å². The second kappa shape index (κ2) is 6.67. The van der Waals surface area contributed by atoms with Gasteiger partial charge >= 0.3 is 0 Å². The molecule has 0 aliphatic carbocycles. The SMILES string of the molecule is COCCn1ncc(Br)c1C(N)c1cccc(F)c1Cl. The van der Waals surface area contributed by atoms with Crippen LogP contribution in [0.4, 0.5) is 4.39 Å². The van der Waals surface area contributed by atoms with E-state index in [2.05, 4.69) is 21.0 Å². The van der Waals surface area contributed by atoms with E-state index >= 15 is 0 Å². The van der Waals surface area contributed by atoms with Crippen LogP contribution in [0.2, 0.25) is 5.02 Å². The van der Waals surface area contributed by atoms with Crippen molar-refractivity contribution in [1.29, 1.82) is 0 Å². The quantitative estimate of drug-likeness (QED) is 0.889. The number of hydrogen-bond donors (Lipinski definition) is 1. The van der Waals surface area contributed by atoms with E-state index in [1.54, 1.807) is 30.1 Å². The molecule has 0 spiro atoms. The van der Waals surface area contributed by atoms with E-state index in [1.165, 1.54) is 6.07 Å². The van der Waals surface area contributed by atoms with Gasteiger partial charge in [-0.15, -0.1) is 0 Å². The normalized spacial score (nSPS) is 12.7. The van der Waals surface area contributed by atoms with Crippen LogP contribution in [-0.4, -0.2) is 23.5 Å². The van der Waals surface area contributed by atoms with Crippen LogP contribution in [0.1, 0.15) is 17.3 Å². The molecule has 2 N–H and O–H groups in total. The van der Waals surface area contributed by atoms with Gasteiger partial charge in [0.25, 0.3) is 0 Å². The van der Waals surface area contributed by atoms with Crippen molar-refractivity contribution in [3.63, 3.8) is 0 Å². The average Bonchev–Trinajstić information content (AvgIpc) is 2.80. The van der Waals surface area contributed by atoms with Gasteiger partial charge in [0, 0.05) is 7.11 Å². The minimum atomic E-state index is -0.577. The smallest absolute Gasteiger partial charge is 0.142 e. The Balaban J connectivity index is 2.40. The molecule has 1 heterocycles. The van der Waals surface area contributed by atoms with E-state index in [0.717, 1.165) is 10.2 Å². The first-order chi connectivity index (χ1) is 9.56. The van der Waals surface area contributed by atoms with Crippen molar-refractivity contribution < 1.29 is 9.13 Å². The minimum Gasteiger partial charge on any atom is -0.383 e. The maximum atomic E-state index is 13.5. The molecule has 0 aliphatic heterocycles. The summed E-state index contributed by atoms with van der Waals surface area (Å²) < 4.78 is 21.1. The van der Waals surface area contributed by atoms with Crippen LogP contribution < -0.4 is 5.73 Å². The topological polar surface area (TPSA) is 53.1 Å². The molecule has 0 bridgehead atoms. The zero-order valence-corrected chi connectivity index (χ0v) is 13.2. The number of methoxy groups -OCH3 is 1. The highest BCUT2D eigenvalue weighted by atomic mass is 79.9. The second-order valence-electron chi connectivity index (χ2n) is 4.21. The molecule has 7 heteroatoms. The molecule has 0 saturated heterocycles. The molecule has 0 saturated carbocycles. The summed E-state index contributed by atoms with van der Waals surface area (Å²) in [5.74, 6) is -0.487. The van der Waals surface area contributed by atoms with Gasteiger partial charge < -0.3 is 10.5 Å². The molecule has 1 aromatic heterocycles. The summed E-state index contributed by atoms with van der Waals surface area (Å²) in [6, 6.07) is 4.01.